The van der Waals surface area contributed by atoms with Gasteiger partial charge < -0.3 is 9.32 Å². The molecular weight excluding hydrogens is 454 g/mol. The molecule has 3 aromatic rings. The summed E-state index contributed by atoms with van der Waals surface area (Å²) in [6, 6.07) is 12.8. The fourth-order valence-electron chi connectivity index (χ4n) is 5.09. The molecule has 9 heteroatoms. The maximum Gasteiger partial charge on any atom is 0.419 e. The lowest BCUT2D eigenvalue weighted by Crippen LogP contribution is -2.41. The Hall–Kier alpha value is -2.91. The normalized spacial score (nSPS) is 17.7. The summed E-state index contributed by atoms with van der Waals surface area (Å²) in [6.07, 6.45) is 2.64. The van der Waals surface area contributed by atoms with E-state index in [1.807, 2.05) is 24.0 Å². The molecule has 34 heavy (non-hydrogen) atoms. The number of hydrogen-bond acceptors (Lipinski definition) is 5. The maximum atomic E-state index is 13.2. The van der Waals surface area contributed by atoms with Gasteiger partial charge in [-0.25, -0.2) is 13.2 Å². The minimum atomic E-state index is -3.70. The SMILES string of the molecule is CCn1c(=O)oc2cc(S(=O)(=O)N3CCC(CC(=O)N4CCc5ccccc5C4)CC3)ccc21. The number of aromatic nitrogens is 1. The van der Waals surface area contributed by atoms with Gasteiger partial charge in [-0.3, -0.25) is 9.36 Å². The molecule has 1 saturated heterocycles. The van der Waals surface area contributed by atoms with E-state index in [-0.39, 0.29) is 22.3 Å². The van der Waals surface area contributed by atoms with Gasteiger partial charge in [-0.15, -0.1) is 0 Å². The first kappa shape index (κ1) is 22.9. The number of aryl methyl sites for hydroxylation is 1. The Labute approximate surface area is 198 Å². The number of fused-ring (bicyclic) bond motifs is 2. The number of oxazole rings is 1. The van der Waals surface area contributed by atoms with Crippen LogP contribution >= 0.6 is 0 Å². The Morgan fingerprint density at radius 1 is 1.06 bits per heavy atom. The molecule has 0 spiro atoms. The first-order chi connectivity index (χ1) is 16.4. The molecule has 0 atom stereocenters. The third-order valence-electron chi connectivity index (χ3n) is 7.11. The number of carbonyl (C=O) groups is 1. The van der Waals surface area contributed by atoms with E-state index in [0.29, 0.717) is 51.0 Å². The second kappa shape index (κ2) is 9.03. The second-order valence-corrected chi connectivity index (χ2v) is 11.1. The summed E-state index contributed by atoms with van der Waals surface area (Å²) in [7, 11) is -3.70. The van der Waals surface area contributed by atoms with Crippen molar-refractivity contribution in [2.24, 2.45) is 5.92 Å². The third kappa shape index (κ3) is 4.18. The van der Waals surface area contributed by atoms with Gasteiger partial charge >= 0.3 is 5.76 Å². The Kier molecular flexibility index (Phi) is 6.07. The van der Waals surface area contributed by atoms with E-state index in [4.69, 9.17) is 4.42 Å². The molecule has 0 radical (unpaired) electrons. The van der Waals surface area contributed by atoms with Gasteiger partial charge in [-0.2, -0.15) is 4.31 Å². The van der Waals surface area contributed by atoms with Crippen LogP contribution in [0.5, 0.6) is 0 Å². The number of carbonyl (C=O) groups excluding carboxylic acids is 1. The summed E-state index contributed by atoms with van der Waals surface area (Å²) in [6.45, 7) is 4.43. The molecular formula is C25H29N3O5S. The van der Waals surface area contributed by atoms with E-state index in [2.05, 4.69) is 12.1 Å². The topological polar surface area (TPSA) is 92.8 Å². The summed E-state index contributed by atoms with van der Waals surface area (Å²) < 4.78 is 34.6. The molecule has 2 aliphatic heterocycles. The van der Waals surface area contributed by atoms with Gasteiger partial charge in [0.15, 0.2) is 5.58 Å². The molecule has 5 rings (SSSR count). The Balaban J connectivity index is 1.21. The van der Waals surface area contributed by atoms with Crippen molar-refractivity contribution in [3.8, 4) is 0 Å². The lowest BCUT2D eigenvalue weighted by molar-refractivity contribution is -0.133. The lowest BCUT2D eigenvalue weighted by atomic mass is 9.93. The quantitative estimate of drug-likeness (QED) is 0.556. The number of piperidine rings is 1. The van der Waals surface area contributed by atoms with Crippen LogP contribution in [0, 0.1) is 5.92 Å². The van der Waals surface area contributed by atoms with Crippen LogP contribution in [0.1, 0.15) is 37.3 Å². The van der Waals surface area contributed by atoms with Crippen LogP contribution in [0.4, 0.5) is 0 Å². The summed E-state index contributed by atoms with van der Waals surface area (Å²) >= 11 is 0. The van der Waals surface area contributed by atoms with Gasteiger partial charge in [-0.1, -0.05) is 24.3 Å². The molecule has 0 N–H and O–H groups in total. The van der Waals surface area contributed by atoms with E-state index in [9.17, 15) is 18.0 Å². The summed E-state index contributed by atoms with van der Waals surface area (Å²) in [5.74, 6) is -0.165. The maximum absolute atomic E-state index is 13.2. The molecule has 2 aromatic carbocycles. The molecule has 0 aliphatic carbocycles. The zero-order valence-electron chi connectivity index (χ0n) is 19.3. The average Bonchev–Trinajstić information content (AvgIpc) is 3.18. The Morgan fingerprint density at radius 3 is 2.53 bits per heavy atom. The number of nitrogens with zero attached hydrogens (tertiary/aromatic N) is 3. The van der Waals surface area contributed by atoms with Crippen molar-refractivity contribution in [1.82, 2.24) is 13.8 Å². The molecule has 2 aliphatic rings. The molecule has 1 aromatic heterocycles. The lowest BCUT2D eigenvalue weighted by Gasteiger charge is -2.33. The van der Waals surface area contributed by atoms with Gasteiger partial charge in [0, 0.05) is 45.2 Å². The fraction of sp³-hybridized carbons (Fsp3) is 0.440. The van der Waals surface area contributed by atoms with Gasteiger partial charge in [-0.05, 0) is 55.4 Å². The van der Waals surface area contributed by atoms with Gasteiger partial charge in [0.05, 0.1) is 10.4 Å². The first-order valence-corrected chi connectivity index (χ1v) is 13.3. The largest absolute Gasteiger partial charge is 0.419 e. The van der Waals surface area contributed by atoms with Gasteiger partial charge in [0.2, 0.25) is 15.9 Å². The van der Waals surface area contributed by atoms with Crippen molar-refractivity contribution >= 4 is 27.0 Å². The van der Waals surface area contributed by atoms with Crippen LogP contribution in [0.15, 0.2) is 56.6 Å². The predicted octanol–water partition coefficient (Wildman–Crippen LogP) is 2.99. The van der Waals surface area contributed by atoms with Crippen molar-refractivity contribution in [2.45, 2.75) is 50.6 Å². The Morgan fingerprint density at radius 2 is 1.79 bits per heavy atom. The number of benzene rings is 2. The van der Waals surface area contributed by atoms with Crippen LogP contribution < -0.4 is 5.76 Å². The van der Waals surface area contributed by atoms with Crippen LogP contribution in [0.2, 0.25) is 0 Å². The van der Waals surface area contributed by atoms with E-state index in [1.54, 1.807) is 6.07 Å². The average molecular weight is 484 g/mol. The standard InChI is InChI=1S/C25H29N3O5S/c1-2-28-22-8-7-21(16-23(22)33-25(28)30)34(31,32)27-13-9-18(10-14-27)15-24(29)26-12-11-19-5-3-4-6-20(19)17-26/h3-8,16,18H,2,9-15,17H2,1H3. The molecule has 8 nitrogen and oxygen atoms in total. The van der Waals surface area contributed by atoms with Crippen molar-refractivity contribution in [1.29, 1.82) is 0 Å². The van der Waals surface area contributed by atoms with E-state index in [0.717, 1.165) is 13.0 Å². The molecule has 1 amide bonds. The van der Waals surface area contributed by atoms with Crippen molar-refractivity contribution < 1.29 is 17.6 Å². The highest BCUT2D eigenvalue weighted by Gasteiger charge is 2.32. The summed E-state index contributed by atoms with van der Waals surface area (Å²) in [5.41, 5.74) is 3.39. The molecule has 0 unspecified atom stereocenters. The minimum absolute atomic E-state index is 0.124. The minimum Gasteiger partial charge on any atom is -0.408 e. The van der Waals surface area contributed by atoms with E-state index in [1.165, 1.54) is 32.1 Å². The van der Waals surface area contributed by atoms with Crippen molar-refractivity contribution in [3.63, 3.8) is 0 Å². The summed E-state index contributed by atoms with van der Waals surface area (Å²) in [5, 5.41) is 0. The van der Waals surface area contributed by atoms with Crippen LogP contribution in [0.3, 0.4) is 0 Å². The molecule has 1 fully saturated rings. The predicted molar refractivity (Wildman–Crippen MR) is 128 cm³/mol. The highest BCUT2D eigenvalue weighted by Crippen LogP contribution is 2.28. The molecule has 3 heterocycles. The van der Waals surface area contributed by atoms with Crippen LogP contribution in [-0.4, -0.2) is 47.7 Å². The molecule has 180 valence electrons. The van der Waals surface area contributed by atoms with Gasteiger partial charge in [0.25, 0.3) is 0 Å². The highest BCUT2D eigenvalue weighted by atomic mass is 32.2. The van der Waals surface area contributed by atoms with Crippen LogP contribution in [-0.2, 0) is 34.3 Å². The third-order valence-corrected chi connectivity index (χ3v) is 9.01. The molecule has 0 saturated carbocycles. The molecule has 0 bridgehead atoms. The Bertz CT molecular complexity index is 1380. The van der Waals surface area contributed by atoms with Gasteiger partial charge in [0.1, 0.15) is 0 Å². The fourth-order valence-corrected chi connectivity index (χ4v) is 6.58. The number of amides is 1. The summed E-state index contributed by atoms with van der Waals surface area (Å²) in [4.78, 5) is 26.9. The number of hydrogen-bond donors (Lipinski definition) is 0. The zero-order valence-corrected chi connectivity index (χ0v) is 20.1. The van der Waals surface area contributed by atoms with E-state index < -0.39 is 15.8 Å². The zero-order chi connectivity index (χ0) is 23.9. The smallest absolute Gasteiger partial charge is 0.408 e. The number of sulfonamides is 1. The van der Waals surface area contributed by atoms with Crippen LogP contribution in [0.25, 0.3) is 11.1 Å². The second-order valence-electron chi connectivity index (χ2n) is 9.13. The first-order valence-electron chi connectivity index (χ1n) is 11.8. The van der Waals surface area contributed by atoms with Crippen molar-refractivity contribution in [2.75, 3.05) is 19.6 Å². The monoisotopic (exact) mass is 483 g/mol. The number of rotatable bonds is 5. The van der Waals surface area contributed by atoms with E-state index >= 15 is 0 Å². The highest BCUT2D eigenvalue weighted by molar-refractivity contribution is 7.89. The van der Waals surface area contributed by atoms with Crippen molar-refractivity contribution in [3.05, 3.63) is 64.1 Å².